The van der Waals surface area contributed by atoms with Gasteiger partial charge in [0.15, 0.2) is 18.2 Å². The zero-order chi connectivity index (χ0) is 15.7. The van der Waals surface area contributed by atoms with E-state index in [-0.39, 0.29) is 5.92 Å². The molecule has 0 amide bonds. The zero-order valence-electron chi connectivity index (χ0n) is 11.9. The minimum Gasteiger partial charge on any atom is -0.455 e. The Labute approximate surface area is 117 Å². The highest BCUT2D eigenvalue weighted by Crippen LogP contribution is 2.13. The average Bonchev–Trinajstić information content (AvgIpc) is 2.42. The van der Waals surface area contributed by atoms with Gasteiger partial charge >= 0.3 is 5.97 Å². The van der Waals surface area contributed by atoms with Crippen molar-refractivity contribution in [3.8, 4) is 0 Å². The van der Waals surface area contributed by atoms with Gasteiger partial charge in [-0.1, -0.05) is 20.8 Å². The molecule has 0 aliphatic heterocycles. The summed E-state index contributed by atoms with van der Waals surface area (Å²) in [7, 11) is 0. The first-order valence-electron chi connectivity index (χ1n) is 6.45. The lowest BCUT2D eigenvalue weighted by Crippen LogP contribution is -2.39. The summed E-state index contributed by atoms with van der Waals surface area (Å²) in [5.41, 5.74) is 0. The van der Waals surface area contributed by atoms with Crippen molar-refractivity contribution in [3.05, 3.63) is 0 Å². The van der Waals surface area contributed by atoms with Crippen molar-refractivity contribution in [2.24, 2.45) is 11.8 Å². The van der Waals surface area contributed by atoms with E-state index in [0.29, 0.717) is 12.7 Å². The number of aliphatic hydroxyl groups excluding tert-OH is 2. The summed E-state index contributed by atoms with van der Waals surface area (Å²) < 4.78 is 9.77. The monoisotopic (exact) mass is 290 g/mol. The third kappa shape index (κ3) is 6.23. The van der Waals surface area contributed by atoms with Crippen LogP contribution in [0.15, 0.2) is 0 Å². The Balaban J connectivity index is 4.46. The highest BCUT2D eigenvalue weighted by atomic mass is 16.6. The molecule has 0 aromatic carbocycles. The molecular formula is C13H22O7. The van der Waals surface area contributed by atoms with Crippen molar-refractivity contribution in [3.63, 3.8) is 0 Å². The van der Waals surface area contributed by atoms with Crippen LogP contribution in [0.3, 0.4) is 0 Å². The molecule has 7 nitrogen and oxygen atoms in total. The molecule has 0 radical (unpaired) electrons. The maximum Gasteiger partial charge on any atom is 0.332 e. The van der Waals surface area contributed by atoms with Crippen LogP contribution < -0.4 is 0 Å². The summed E-state index contributed by atoms with van der Waals surface area (Å²) in [5, 5.41) is 18.4. The van der Waals surface area contributed by atoms with Crippen molar-refractivity contribution in [2.45, 2.75) is 39.6 Å². The summed E-state index contributed by atoms with van der Waals surface area (Å²) in [6.45, 7) is 3.80. The Morgan fingerprint density at radius 1 is 1.30 bits per heavy atom. The van der Waals surface area contributed by atoms with Gasteiger partial charge in [0.05, 0.1) is 5.92 Å². The smallest absolute Gasteiger partial charge is 0.332 e. The van der Waals surface area contributed by atoms with Gasteiger partial charge in [-0.25, -0.2) is 4.79 Å². The SMILES string of the molecule is CCC(C=O)C(=O)COC(O)C(OC(=O)CO)C(C)C. The van der Waals surface area contributed by atoms with Crippen molar-refractivity contribution >= 4 is 18.0 Å². The van der Waals surface area contributed by atoms with Gasteiger partial charge in [0, 0.05) is 0 Å². The van der Waals surface area contributed by atoms with E-state index < -0.39 is 43.3 Å². The summed E-state index contributed by atoms with van der Waals surface area (Å²) >= 11 is 0. The van der Waals surface area contributed by atoms with Gasteiger partial charge in [-0.2, -0.15) is 0 Å². The molecule has 0 aliphatic carbocycles. The van der Waals surface area contributed by atoms with Crippen LogP contribution in [0.1, 0.15) is 27.2 Å². The van der Waals surface area contributed by atoms with E-state index >= 15 is 0 Å². The van der Waals surface area contributed by atoms with Gasteiger partial charge in [0.25, 0.3) is 0 Å². The Kier molecular flexibility index (Phi) is 8.94. The van der Waals surface area contributed by atoms with Crippen molar-refractivity contribution in [1.29, 1.82) is 0 Å². The van der Waals surface area contributed by atoms with E-state index in [4.69, 9.17) is 14.6 Å². The van der Waals surface area contributed by atoms with E-state index in [1.54, 1.807) is 20.8 Å². The summed E-state index contributed by atoms with van der Waals surface area (Å²) in [6.07, 6.45) is -1.61. The fourth-order valence-electron chi connectivity index (χ4n) is 1.48. The van der Waals surface area contributed by atoms with E-state index in [0.717, 1.165) is 0 Å². The number of aliphatic hydroxyl groups is 2. The second-order valence-corrected chi connectivity index (χ2v) is 4.68. The fraction of sp³-hybridized carbons (Fsp3) is 0.769. The Morgan fingerprint density at radius 2 is 1.90 bits per heavy atom. The first-order valence-corrected chi connectivity index (χ1v) is 6.45. The second kappa shape index (κ2) is 9.57. The van der Waals surface area contributed by atoms with Gasteiger partial charge < -0.3 is 24.5 Å². The number of hydrogen-bond donors (Lipinski definition) is 2. The topological polar surface area (TPSA) is 110 Å². The van der Waals surface area contributed by atoms with Crippen LogP contribution in [0.2, 0.25) is 0 Å². The lowest BCUT2D eigenvalue weighted by atomic mass is 10.0. The Bertz CT molecular complexity index is 327. The second-order valence-electron chi connectivity index (χ2n) is 4.68. The number of carbonyl (C=O) groups excluding carboxylic acids is 3. The molecule has 0 saturated carbocycles. The molecule has 20 heavy (non-hydrogen) atoms. The highest BCUT2D eigenvalue weighted by molar-refractivity contribution is 5.93. The number of ether oxygens (including phenoxy) is 2. The van der Waals surface area contributed by atoms with Crippen LogP contribution in [-0.2, 0) is 23.9 Å². The standard InChI is InChI=1S/C13H22O7/c1-4-9(5-14)10(16)7-19-13(18)12(8(2)3)20-11(17)6-15/h5,8-9,12-13,15,18H,4,6-7H2,1-3H3. The molecule has 0 aromatic heterocycles. The molecule has 0 spiro atoms. The number of rotatable bonds is 10. The minimum absolute atomic E-state index is 0.274. The van der Waals surface area contributed by atoms with Crippen molar-refractivity contribution in [2.75, 3.05) is 13.2 Å². The van der Waals surface area contributed by atoms with E-state index in [1.807, 2.05) is 0 Å². The molecular weight excluding hydrogens is 268 g/mol. The maximum absolute atomic E-state index is 11.6. The van der Waals surface area contributed by atoms with E-state index in [1.165, 1.54) is 0 Å². The zero-order valence-corrected chi connectivity index (χ0v) is 11.9. The molecule has 0 saturated heterocycles. The molecule has 2 N–H and O–H groups in total. The van der Waals surface area contributed by atoms with Gasteiger partial charge in [-0.15, -0.1) is 0 Å². The van der Waals surface area contributed by atoms with E-state index in [9.17, 15) is 19.5 Å². The van der Waals surface area contributed by atoms with Gasteiger partial charge in [0.2, 0.25) is 0 Å². The normalized spacial score (nSPS) is 15.5. The van der Waals surface area contributed by atoms with Crippen molar-refractivity contribution in [1.82, 2.24) is 0 Å². The summed E-state index contributed by atoms with van der Waals surface area (Å²) in [5.74, 6) is -2.38. The van der Waals surface area contributed by atoms with Gasteiger partial charge in [-0.05, 0) is 12.3 Å². The van der Waals surface area contributed by atoms with Gasteiger partial charge in [-0.3, -0.25) is 4.79 Å². The third-order valence-corrected chi connectivity index (χ3v) is 2.75. The fourth-order valence-corrected chi connectivity index (χ4v) is 1.48. The lowest BCUT2D eigenvalue weighted by Gasteiger charge is -2.26. The molecule has 7 heteroatoms. The number of hydrogen-bond acceptors (Lipinski definition) is 7. The lowest BCUT2D eigenvalue weighted by molar-refractivity contribution is -0.201. The largest absolute Gasteiger partial charge is 0.455 e. The quantitative estimate of drug-likeness (QED) is 0.245. The third-order valence-electron chi connectivity index (χ3n) is 2.75. The van der Waals surface area contributed by atoms with Crippen LogP contribution in [0.4, 0.5) is 0 Å². The van der Waals surface area contributed by atoms with E-state index in [2.05, 4.69) is 0 Å². The number of carbonyl (C=O) groups is 3. The molecule has 3 unspecified atom stereocenters. The number of aldehydes is 1. The van der Waals surface area contributed by atoms with Gasteiger partial charge in [0.1, 0.15) is 19.5 Å². The van der Waals surface area contributed by atoms with Crippen LogP contribution in [0.5, 0.6) is 0 Å². The number of ketones is 1. The molecule has 0 aromatic rings. The van der Waals surface area contributed by atoms with Crippen LogP contribution in [-0.4, -0.2) is 53.9 Å². The molecule has 116 valence electrons. The summed E-state index contributed by atoms with van der Waals surface area (Å²) in [6, 6.07) is 0. The van der Waals surface area contributed by atoms with Crippen LogP contribution in [0.25, 0.3) is 0 Å². The van der Waals surface area contributed by atoms with Crippen molar-refractivity contribution < 1.29 is 34.1 Å². The summed E-state index contributed by atoms with van der Waals surface area (Å²) in [4.78, 5) is 33.2. The highest BCUT2D eigenvalue weighted by Gasteiger charge is 2.28. The maximum atomic E-state index is 11.6. The first-order chi connectivity index (χ1) is 9.37. The first kappa shape index (κ1) is 18.7. The Hall–Kier alpha value is -1.31. The minimum atomic E-state index is -1.50. The predicted molar refractivity (Wildman–Crippen MR) is 68.6 cm³/mol. The van der Waals surface area contributed by atoms with Crippen LogP contribution in [0, 0.1) is 11.8 Å². The molecule has 0 fully saturated rings. The molecule has 3 atom stereocenters. The van der Waals surface area contributed by atoms with Crippen LogP contribution >= 0.6 is 0 Å². The average molecular weight is 290 g/mol. The molecule has 0 bridgehead atoms. The number of esters is 1. The molecule has 0 rings (SSSR count). The molecule has 0 heterocycles. The Morgan fingerprint density at radius 3 is 2.30 bits per heavy atom. The number of Topliss-reactive ketones (excluding diaryl/α,β-unsaturated/α-hetero) is 1. The predicted octanol–water partition coefficient (Wildman–Crippen LogP) is -0.324. The molecule has 0 aliphatic rings.